The van der Waals surface area contributed by atoms with Crippen molar-refractivity contribution in [3.05, 3.63) is 64.4 Å². The van der Waals surface area contributed by atoms with E-state index in [2.05, 4.69) is 67.5 Å². The molecule has 0 bridgehead atoms. The quantitative estimate of drug-likeness (QED) is 0.937. The molecule has 2 heterocycles. The van der Waals surface area contributed by atoms with Gasteiger partial charge in [0, 0.05) is 36.8 Å². The standard InChI is InChI=1S/C16H18BrN3/c17-14-6-4-13(5-7-14)16(15-3-1-2-8-19-15)20-11-9-18-10-12-20/h1-8,16,18H,9-12H2/t16-/m0/s1. The van der Waals surface area contributed by atoms with Crippen LogP contribution in [0.2, 0.25) is 0 Å². The first-order valence-corrected chi connectivity index (χ1v) is 7.75. The summed E-state index contributed by atoms with van der Waals surface area (Å²) in [5.41, 5.74) is 2.42. The SMILES string of the molecule is Brc1ccc([C@@H](c2ccccn2)N2CCNCC2)cc1. The van der Waals surface area contributed by atoms with E-state index >= 15 is 0 Å². The highest BCUT2D eigenvalue weighted by atomic mass is 79.9. The van der Waals surface area contributed by atoms with Gasteiger partial charge in [-0.2, -0.15) is 0 Å². The molecule has 1 aromatic heterocycles. The van der Waals surface area contributed by atoms with Crippen LogP contribution in [-0.2, 0) is 0 Å². The van der Waals surface area contributed by atoms with Crippen LogP contribution in [0.15, 0.2) is 53.1 Å². The first-order valence-electron chi connectivity index (χ1n) is 6.96. The normalized spacial score (nSPS) is 17.9. The number of rotatable bonds is 3. The second-order valence-corrected chi connectivity index (χ2v) is 5.91. The maximum Gasteiger partial charge on any atom is 0.0777 e. The van der Waals surface area contributed by atoms with Crippen molar-refractivity contribution in [3.8, 4) is 0 Å². The van der Waals surface area contributed by atoms with Gasteiger partial charge in [-0.05, 0) is 29.8 Å². The van der Waals surface area contributed by atoms with Gasteiger partial charge in [0.05, 0.1) is 11.7 Å². The molecular weight excluding hydrogens is 314 g/mol. The third kappa shape index (κ3) is 3.08. The first-order chi connectivity index (χ1) is 9.84. The summed E-state index contributed by atoms with van der Waals surface area (Å²) in [4.78, 5) is 7.08. The lowest BCUT2D eigenvalue weighted by atomic mass is 10.0. The van der Waals surface area contributed by atoms with E-state index in [0.29, 0.717) is 0 Å². The van der Waals surface area contributed by atoms with Crippen LogP contribution < -0.4 is 5.32 Å². The summed E-state index contributed by atoms with van der Waals surface area (Å²) >= 11 is 3.51. The fraction of sp³-hybridized carbons (Fsp3) is 0.312. The molecule has 0 radical (unpaired) electrons. The lowest BCUT2D eigenvalue weighted by Gasteiger charge is -2.35. The summed E-state index contributed by atoms with van der Waals surface area (Å²) in [5, 5.41) is 3.41. The predicted octanol–water partition coefficient (Wildman–Crippen LogP) is 2.84. The Balaban J connectivity index is 1.96. The van der Waals surface area contributed by atoms with Crippen molar-refractivity contribution < 1.29 is 0 Å². The van der Waals surface area contributed by atoms with Gasteiger partial charge >= 0.3 is 0 Å². The molecule has 1 saturated heterocycles. The fourth-order valence-corrected chi connectivity index (χ4v) is 2.96. The minimum atomic E-state index is 0.242. The van der Waals surface area contributed by atoms with Gasteiger partial charge in [-0.15, -0.1) is 0 Å². The Labute approximate surface area is 128 Å². The monoisotopic (exact) mass is 331 g/mol. The number of hydrogen-bond acceptors (Lipinski definition) is 3. The van der Waals surface area contributed by atoms with Gasteiger partial charge in [0.1, 0.15) is 0 Å². The third-order valence-corrected chi connectivity index (χ3v) is 4.20. The number of nitrogens with zero attached hydrogens (tertiary/aromatic N) is 2. The fourth-order valence-electron chi connectivity index (χ4n) is 2.69. The number of benzene rings is 1. The highest BCUT2D eigenvalue weighted by Crippen LogP contribution is 2.28. The van der Waals surface area contributed by atoms with Crippen LogP contribution in [-0.4, -0.2) is 36.1 Å². The molecule has 3 rings (SSSR count). The van der Waals surface area contributed by atoms with Crippen LogP contribution in [0.1, 0.15) is 17.3 Å². The first kappa shape index (κ1) is 13.7. The van der Waals surface area contributed by atoms with Crippen molar-refractivity contribution in [1.29, 1.82) is 0 Å². The molecule has 3 nitrogen and oxygen atoms in total. The number of hydrogen-bond donors (Lipinski definition) is 1. The van der Waals surface area contributed by atoms with E-state index in [9.17, 15) is 0 Å². The Kier molecular flexibility index (Phi) is 4.45. The molecule has 20 heavy (non-hydrogen) atoms. The predicted molar refractivity (Wildman–Crippen MR) is 84.7 cm³/mol. The molecule has 0 amide bonds. The van der Waals surface area contributed by atoms with Crippen molar-refractivity contribution in [2.24, 2.45) is 0 Å². The molecule has 0 saturated carbocycles. The summed E-state index contributed by atoms with van der Waals surface area (Å²) in [6, 6.07) is 15.0. The lowest BCUT2D eigenvalue weighted by Crippen LogP contribution is -2.45. The number of piperazine rings is 1. The smallest absolute Gasteiger partial charge is 0.0777 e. The number of nitrogens with one attached hydrogen (secondary N) is 1. The van der Waals surface area contributed by atoms with Crippen LogP contribution >= 0.6 is 15.9 Å². The third-order valence-electron chi connectivity index (χ3n) is 3.67. The van der Waals surface area contributed by atoms with Gasteiger partial charge in [0.15, 0.2) is 0 Å². The molecule has 1 aliphatic rings. The second kappa shape index (κ2) is 6.48. The molecule has 1 aliphatic heterocycles. The van der Waals surface area contributed by atoms with E-state index in [0.717, 1.165) is 36.3 Å². The molecule has 0 unspecified atom stereocenters. The van der Waals surface area contributed by atoms with Gasteiger partial charge < -0.3 is 5.32 Å². The summed E-state index contributed by atoms with van der Waals surface area (Å²) in [7, 11) is 0. The van der Waals surface area contributed by atoms with Gasteiger partial charge in [-0.25, -0.2) is 0 Å². The van der Waals surface area contributed by atoms with Crippen LogP contribution in [0.25, 0.3) is 0 Å². The van der Waals surface area contributed by atoms with Gasteiger partial charge in [0.25, 0.3) is 0 Å². The molecule has 2 aromatic rings. The second-order valence-electron chi connectivity index (χ2n) is 4.99. The molecule has 4 heteroatoms. The molecule has 1 N–H and O–H groups in total. The van der Waals surface area contributed by atoms with Crippen LogP contribution in [0.5, 0.6) is 0 Å². The van der Waals surface area contributed by atoms with Crippen molar-refractivity contribution >= 4 is 15.9 Å². The zero-order valence-corrected chi connectivity index (χ0v) is 12.9. The van der Waals surface area contributed by atoms with Crippen LogP contribution in [0.4, 0.5) is 0 Å². The Morgan fingerprint density at radius 2 is 1.80 bits per heavy atom. The van der Waals surface area contributed by atoms with Gasteiger partial charge in [0.2, 0.25) is 0 Å². The summed E-state index contributed by atoms with van der Waals surface area (Å²) in [5.74, 6) is 0. The Bertz CT molecular complexity index is 535. The number of aromatic nitrogens is 1. The van der Waals surface area contributed by atoms with E-state index in [4.69, 9.17) is 0 Å². The Hall–Kier alpha value is -1.23. The topological polar surface area (TPSA) is 28.2 Å². The highest BCUT2D eigenvalue weighted by Gasteiger charge is 2.24. The number of pyridine rings is 1. The molecular formula is C16H18BrN3. The minimum absolute atomic E-state index is 0.242. The number of halogens is 1. The Morgan fingerprint density at radius 1 is 1.05 bits per heavy atom. The summed E-state index contributed by atoms with van der Waals surface area (Å²) in [6.07, 6.45) is 1.88. The maximum atomic E-state index is 4.58. The van der Waals surface area contributed by atoms with Crippen LogP contribution in [0.3, 0.4) is 0 Å². The molecule has 1 fully saturated rings. The van der Waals surface area contributed by atoms with Crippen molar-refractivity contribution in [1.82, 2.24) is 15.2 Å². The lowest BCUT2D eigenvalue weighted by molar-refractivity contribution is 0.195. The van der Waals surface area contributed by atoms with E-state index in [1.807, 2.05) is 12.3 Å². The van der Waals surface area contributed by atoms with E-state index in [-0.39, 0.29) is 6.04 Å². The minimum Gasteiger partial charge on any atom is -0.314 e. The Morgan fingerprint density at radius 3 is 2.45 bits per heavy atom. The average molecular weight is 332 g/mol. The molecule has 0 spiro atoms. The zero-order chi connectivity index (χ0) is 13.8. The molecule has 0 aliphatic carbocycles. The summed E-state index contributed by atoms with van der Waals surface area (Å²) in [6.45, 7) is 4.19. The van der Waals surface area contributed by atoms with Crippen molar-refractivity contribution in [3.63, 3.8) is 0 Å². The van der Waals surface area contributed by atoms with Gasteiger partial charge in [-0.3, -0.25) is 9.88 Å². The largest absolute Gasteiger partial charge is 0.314 e. The van der Waals surface area contributed by atoms with Gasteiger partial charge in [-0.1, -0.05) is 34.1 Å². The van der Waals surface area contributed by atoms with E-state index < -0.39 is 0 Å². The summed E-state index contributed by atoms with van der Waals surface area (Å²) < 4.78 is 1.11. The molecule has 1 aromatic carbocycles. The zero-order valence-electron chi connectivity index (χ0n) is 11.3. The highest BCUT2D eigenvalue weighted by molar-refractivity contribution is 9.10. The van der Waals surface area contributed by atoms with Crippen LogP contribution in [0, 0.1) is 0 Å². The maximum absolute atomic E-state index is 4.58. The molecule has 104 valence electrons. The van der Waals surface area contributed by atoms with Crippen molar-refractivity contribution in [2.75, 3.05) is 26.2 Å². The average Bonchev–Trinajstić information content (AvgIpc) is 2.52. The van der Waals surface area contributed by atoms with E-state index in [1.165, 1.54) is 5.56 Å². The van der Waals surface area contributed by atoms with E-state index in [1.54, 1.807) is 0 Å². The molecule has 1 atom stereocenters. The van der Waals surface area contributed by atoms with Crippen molar-refractivity contribution in [2.45, 2.75) is 6.04 Å².